The van der Waals surface area contributed by atoms with Crippen LogP contribution in [0.4, 0.5) is 10.5 Å². The maximum absolute atomic E-state index is 12.3. The number of aromatic carboxylic acids is 1. The van der Waals surface area contributed by atoms with E-state index < -0.39 is 24.6 Å². The van der Waals surface area contributed by atoms with Crippen LogP contribution in [0.2, 0.25) is 5.02 Å². The SMILES string of the molecule is [2H]C([2H])([2H])N(C(=O)OC(C)(C)C)c1cc(OC)c(C(=O)O)cc1Cl. The number of carbonyl (C=O) groups is 2. The Morgan fingerprint density at radius 1 is 1.38 bits per heavy atom. The number of carboxylic acid groups (broad SMARTS) is 1. The van der Waals surface area contributed by atoms with E-state index in [0.717, 1.165) is 12.1 Å². The minimum atomic E-state index is -2.90. The van der Waals surface area contributed by atoms with Crippen LogP contribution >= 0.6 is 11.6 Å². The van der Waals surface area contributed by atoms with E-state index in [1.807, 2.05) is 0 Å². The van der Waals surface area contributed by atoms with Gasteiger partial charge in [0.15, 0.2) is 0 Å². The summed E-state index contributed by atoms with van der Waals surface area (Å²) in [6.45, 7) is 1.84. The molecule has 1 amide bonds. The summed E-state index contributed by atoms with van der Waals surface area (Å²) >= 11 is 6.00. The molecule has 0 fully saturated rings. The van der Waals surface area contributed by atoms with E-state index in [1.165, 1.54) is 7.11 Å². The molecule has 7 heteroatoms. The number of carbonyl (C=O) groups excluding carboxylic acids is 1. The average molecular weight is 319 g/mol. The van der Waals surface area contributed by atoms with Gasteiger partial charge in [-0.2, -0.15) is 0 Å². The number of carboxylic acids is 1. The largest absolute Gasteiger partial charge is 0.496 e. The number of hydrogen-bond donors (Lipinski definition) is 1. The minimum absolute atomic E-state index is 0.139. The molecule has 1 aromatic rings. The second-order valence-electron chi connectivity index (χ2n) is 5.12. The molecule has 116 valence electrons. The van der Waals surface area contributed by atoms with Crippen molar-refractivity contribution in [3.05, 3.63) is 22.7 Å². The van der Waals surface area contributed by atoms with Gasteiger partial charge in [0, 0.05) is 17.2 Å². The van der Waals surface area contributed by atoms with Crippen molar-refractivity contribution in [3.63, 3.8) is 0 Å². The van der Waals surface area contributed by atoms with E-state index in [9.17, 15) is 9.59 Å². The summed E-state index contributed by atoms with van der Waals surface area (Å²) < 4.78 is 32.8. The number of ether oxygens (including phenoxy) is 2. The van der Waals surface area contributed by atoms with Crippen molar-refractivity contribution in [2.24, 2.45) is 0 Å². The van der Waals surface area contributed by atoms with Gasteiger partial charge in [-0.15, -0.1) is 0 Å². The number of nitrogens with zero attached hydrogens (tertiary/aromatic N) is 1. The Morgan fingerprint density at radius 3 is 2.43 bits per heavy atom. The van der Waals surface area contributed by atoms with Crippen LogP contribution in [-0.4, -0.2) is 36.9 Å². The zero-order valence-electron chi connectivity index (χ0n) is 15.1. The maximum Gasteiger partial charge on any atom is 0.414 e. The second-order valence-corrected chi connectivity index (χ2v) is 5.53. The molecule has 0 spiro atoms. The van der Waals surface area contributed by atoms with Gasteiger partial charge in [0.05, 0.1) is 17.8 Å². The number of anilines is 1. The monoisotopic (exact) mass is 318 g/mol. The topological polar surface area (TPSA) is 76.1 Å². The number of rotatable bonds is 3. The first-order valence-electron chi connectivity index (χ1n) is 7.42. The summed E-state index contributed by atoms with van der Waals surface area (Å²) in [4.78, 5) is 23.9. The van der Waals surface area contributed by atoms with Gasteiger partial charge >= 0.3 is 12.1 Å². The van der Waals surface area contributed by atoms with Gasteiger partial charge in [-0.3, -0.25) is 4.90 Å². The molecule has 0 unspecified atom stereocenters. The Kier molecular flexibility index (Phi) is 3.78. The second kappa shape index (κ2) is 6.22. The van der Waals surface area contributed by atoms with Crippen molar-refractivity contribution < 1.29 is 28.3 Å². The number of halogens is 1. The molecule has 0 aliphatic carbocycles. The summed E-state index contributed by atoms with van der Waals surface area (Å²) in [5.41, 5.74) is -1.44. The van der Waals surface area contributed by atoms with Crippen LogP contribution in [-0.2, 0) is 4.74 Å². The lowest BCUT2D eigenvalue weighted by Gasteiger charge is -2.25. The first-order valence-corrected chi connectivity index (χ1v) is 6.29. The maximum atomic E-state index is 12.3. The summed E-state index contributed by atoms with van der Waals surface area (Å²) in [5, 5.41) is 8.88. The highest BCUT2D eigenvalue weighted by molar-refractivity contribution is 6.34. The summed E-state index contributed by atoms with van der Waals surface area (Å²) in [6.07, 6.45) is -1.14. The van der Waals surface area contributed by atoms with E-state index in [0.29, 0.717) is 4.90 Å². The van der Waals surface area contributed by atoms with Crippen LogP contribution in [0.1, 0.15) is 35.2 Å². The van der Waals surface area contributed by atoms with Gasteiger partial charge in [0.1, 0.15) is 16.9 Å². The first-order chi connectivity index (χ1) is 10.8. The van der Waals surface area contributed by atoms with Crippen molar-refractivity contribution in [2.45, 2.75) is 26.4 Å². The molecule has 0 atom stereocenters. The quantitative estimate of drug-likeness (QED) is 0.924. The van der Waals surface area contributed by atoms with Crippen LogP contribution in [0, 0.1) is 0 Å². The molecule has 0 aliphatic rings. The lowest BCUT2D eigenvalue weighted by Crippen LogP contribution is -2.34. The van der Waals surface area contributed by atoms with E-state index in [4.69, 9.17) is 30.3 Å². The predicted octanol–water partition coefficient (Wildman–Crippen LogP) is 3.42. The molecular formula is C14H18ClNO5. The van der Waals surface area contributed by atoms with Gasteiger partial charge in [-0.25, -0.2) is 9.59 Å². The molecule has 0 radical (unpaired) electrons. The number of methoxy groups -OCH3 is 1. The van der Waals surface area contributed by atoms with Gasteiger partial charge in [-0.05, 0) is 26.8 Å². The fraction of sp³-hybridized carbons (Fsp3) is 0.429. The van der Waals surface area contributed by atoms with Crippen molar-refractivity contribution in [1.82, 2.24) is 0 Å². The van der Waals surface area contributed by atoms with Gasteiger partial charge < -0.3 is 14.6 Å². The van der Waals surface area contributed by atoms with Gasteiger partial charge in [0.2, 0.25) is 0 Å². The molecule has 0 aromatic heterocycles. The lowest BCUT2D eigenvalue weighted by molar-refractivity contribution is 0.0588. The molecular weight excluding hydrogens is 298 g/mol. The standard InChI is InChI=1S/C14H18ClNO5/c1-14(2,3)21-13(19)16(4)10-7-11(20-5)8(12(17)18)6-9(10)15/h6-7H,1-5H3,(H,17,18)/i4D3. The van der Waals surface area contributed by atoms with Crippen molar-refractivity contribution >= 4 is 29.4 Å². The summed E-state index contributed by atoms with van der Waals surface area (Å²) in [5.74, 6) is -1.45. The minimum Gasteiger partial charge on any atom is -0.496 e. The Hall–Kier alpha value is -1.95. The molecule has 1 N–H and O–H groups in total. The van der Waals surface area contributed by atoms with Crippen molar-refractivity contribution in [2.75, 3.05) is 19.0 Å². The van der Waals surface area contributed by atoms with E-state index in [2.05, 4.69) is 0 Å². The van der Waals surface area contributed by atoms with E-state index in [-0.39, 0.29) is 22.0 Å². The predicted molar refractivity (Wildman–Crippen MR) is 79.6 cm³/mol. The third-order valence-electron chi connectivity index (χ3n) is 2.32. The summed E-state index contributed by atoms with van der Waals surface area (Å²) in [6, 6.07) is 2.09. The molecule has 0 heterocycles. The third kappa shape index (κ3) is 4.26. The van der Waals surface area contributed by atoms with Crippen LogP contribution in [0.3, 0.4) is 0 Å². The Bertz CT molecular complexity index is 655. The number of hydrogen-bond acceptors (Lipinski definition) is 4. The van der Waals surface area contributed by atoms with Crippen molar-refractivity contribution in [1.29, 1.82) is 0 Å². The molecule has 0 saturated carbocycles. The molecule has 6 nitrogen and oxygen atoms in total. The zero-order valence-corrected chi connectivity index (χ0v) is 12.8. The Labute approximate surface area is 132 Å². The number of amides is 1. The van der Waals surface area contributed by atoms with Crippen LogP contribution < -0.4 is 9.64 Å². The molecule has 21 heavy (non-hydrogen) atoms. The van der Waals surface area contributed by atoms with E-state index in [1.54, 1.807) is 20.8 Å². The van der Waals surface area contributed by atoms with Crippen LogP contribution in [0.15, 0.2) is 12.1 Å². The molecule has 1 rings (SSSR count). The van der Waals surface area contributed by atoms with Crippen LogP contribution in [0.5, 0.6) is 5.75 Å². The normalized spacial score (nSPS) is 13.7. The fourth-order valence-electron chi connectivity index (χ4n) is 1.46. The van der Waals surface area contributed by atoms with Crippen LogP contribution in [0.25, 0.3) is 0 Å². The van der Waals surface area contributed by atoms with Gasteiger partial charge in [-0.1, -0.05) is 11.6 Å². The van der Waals surface area contributed by atoms with E-state index >= 15 is 0 Å². The zero-order chi connectivity index (χ0) is 18.9. The third-order valence-corrected chi connectivity index (χ3v) is 2.62. The molecule has 0 saturated heterocycles. The molecule has 0 bridgehead atoms. The van der Waals surface area contributed by atoms with Gasteiger partial charge in [0.25, 0.3) is 0 Å². The first kappa shape index (κ1) is 12.8. The fourth-order valence-corrected chi connectivity index (χ4v) is 1.70. The Balaban J connectivity index is 3.50. The highest BCUT2D eigenvalue weighted by atomic mass is 35.5. The highest BCUT2D eigenvalue weighted by Gasteiger charge is 2.24. The smallest absolute Gasteiger partial charge is 0.414 e. The molecule has 0 aliphatic heterocycles. The average Bonchev–Trinajstić information content (AvgIpc) is 2.36. The number of benzene rings is 1. The van der Waals surface area contributed by atoms with Crippen molar-refractivity contribution in [3.8, 4) is 5.75 Å². The lowest BCUT2D eigenvalue weighted by atomic mass is 10.1. The Morgan fingerprint density at radius 2 is 2.00 bits per heavy atom. The molecule has 1 aromatic carbocycles. The summed E-state index contributed by atoms with van der Waals surface area (Å²) in [7, 11) is 1.21. The highest BCUT2D eigenvalue weighted by Crippen LogP contribution is 2.33.